The summed E-state index contributed by atoms with van der Waals surface area (Å²) in [5, 5.41) is 12.5. The smallest absolute Gasteiger partial charge is 0.377 e. The van der Waals surface area contributed by atoms with E-state index in [0.29, 0.717) is 66.1 Å². The Kier molecular flexibility index (Phi) is 22.4. The van der Waals surface area contributed by atoms with Crippen LogP contribution in [0.1, 0.15) is 0 Å². The molecule has 1 aliphatic rings. The molecule has 0 bridgehead atoms. The summed E-state index contributed by atoms with van der Waals surface area (Å²) < 4.78 is 26.4. The summed E-state index contributed by atoms with van der Waals surface area (Å²) in [7, 11) is 0. The van der Waals surface area contributed by atoms with Crippen LogP contribution in [0.4, 0.5) is 0 Å². The van der Waals surface area contributed by atoms with Crippen LogP contribution in [0.25, 0.3) is 0 Å². The second-order valence-corrected chi connectivity index (χ2v) is 3.31. The SMILES string of the molecule is C1COCCOCCOCCOCCO1.O=[N+](O)O.[Eu+3]. The zero-order valence-electron chi connectivity index (χ0n) is 11.2. The normalized spacial score (nSPS) is 19.2. The molecule has 0 saturated carbocycles. The molecule has 0 unspecified atom stereocenters. The molecule has 1 saturated heterocycles. The van der Waals surface area contributed by atoms with Crippen molar-refractivity contribution in [2.45, 2.75) is 0 Å². The molecule has 2 N–H and O–H groups in total. The van der Waals surface area contributed by atoms with Gasteiger partial charge in [0.25, 0.3) is 0 Å². The molecule has 9 nitrogen and oxygen atoms in total. The van der Waals surface area contributed by atoms with E-state index in [4.69, 9.17) is 39.0 Å². The summed E-state index contributed by atoms with van der Waals surface area (Å²) in [6, 6.07) is 0. The number of hydrogen-bond acceptors (Lipinski definition) is 6. The van der Waals surface area contributed by atoms with Gasteiger partial charge in [0, 0.05) is 0 Å². The van der Waals surface area contributed by atoms with E-state index < -0.39 is 5.09 Å². The standard InChI is InChI=1S/C10H20O5.Eu.H2NO3/c1-2-12-5-6-14-9-10-15-8-7-13-4-3-11-1;;2-1(3)4/h1-10H2;;(H2,2,3,4)/q;+3;+1. The quantitative estimate of drug-likeness (QED) is 0.496. The van der Waals surface area contributed by atoms with Gasteiger partial charge in [-0.3, -0.25) is 0 Å². The maximum atomic E-state index is 8.47. The van der Waals surface area contributed by atoms with Crippen LogP contribution in [-0.2, 0) is 23.7 Å². The second kappa shape index (κ2) is 19.6. The third-order valence-corrected chi connectivity index (χ3v) is 1.86. The molecular formula is C10H22EuNO8+4. The van der Waals surface area contributed by atoms with Crippen LogP contribution in [0, 0.1) is 54.3 Å². The third-order valence-electron chi connectivity index (χ3n) is 1.86. The molecule has 1 aliphatic heterocycles. The van der Waals surface area contributed by atoms with Crippen LogP contribution in [-0.4, -0.2) is 81.6 Å². The van der Waals surface area contributed by atoms with Crippen molar-refractivity contribution in [3.05, 3.63) is 4.91 Å². The molecule has 0 aromatic heterocycles. The molecule has 20 heavy (non-hydrogen) atoms. The van der Waals surface area contributed by atoms with Gasteiger partial charge < -0.3 is 23.7 Å². The summed E-state index contributed by atoms with van der Waals surface area (Å²) in [5.74, 6) is 0. The monoisotopic (exact) mass is 437 g/mol. The minimum absolute atomic E-state index is 0. The zero-order chi connectivity index (χ0) is 14.2. The van der Waals surface area contributed by atoms with E-state index in [9.17, 15) is 0 Å². The van der Waals surface area contributed by atoms with Crippen molar-refractivity contribution in [3.8, 4) is 0 Å². The van der Waals surface area contributed by atoms with Crippen molar-refractivity contribution in [1.29, 1.82) is 0 Å². The molecule has 118 valence electrons. The van der Waals surface area contributed by atoms with Gasteiger partial charge in [0.05, 0.1) is 66.1 Å². The van der Waals surface area contributed by atoms with Gasteiger partial charge in [-0.05, 0) is 0 Å². The Morgan fingerprint density at radius 2 is 0.650 bits per heavy atom. The first kappa shape index (κ1) is 22.9. The maximum Gasteiger partial charge on any atom is 3.00 e. The van der Waals surface area contributed by atoms with E-state index in [1.807, 2.05) is 0 Å². The van der Waals surface area contributed by atoms with E-state index in [2.05, 4.69) is 0 Å². The number of rotatable bonds is 0. The Balaban J connectivity index is 0. The van der Waals surface area contributed by atoms with Crippen molar-refractivity contribution in [2.75, 3.05) is 66.1 Å². The Morgan fingerprint density at radius 1 is 0.550 bits per heavy atom. The predicted molar refractivity (Wildman–Crippen MR) is 61.3 cm³/mol. The van der Waals surface area contributed by atoms with E-state index in [1.165, 1.54) is 0 Å². The van der Waals surface area contributed by atoms with Gasteiger partial charge in [-0.25, -0.2) is 10.4 Å². The first-order valence-corrected chi connectivity index (χ1v) is 5.97. The first-order valence-electron chi connectivity index (χ1n) is 5.97. The molecule has 0 amide bonds. The van der Waals surface area contributed by atoms with Gasteiger partial charge >= 0.3 is 54.5 Å². The zero-order valence-corrected chi connectivity index (χ0v) is 13.7. The average molecular weight is 436 g/mol. The van der Waals surface area contributed by atoms with Crippen molar-refractivity contribution in [3.63, 3.8) is 0 Å². The molecule has 1 heterocycles. The van der Waals surface area contributed by atoms with Gasteiger partial charge in [-0.2, -0.15) is 0 Å². The molecule has 0 radical (unpaired) electrons. The molecule has 0 aliphatic carbocycles. The average Bonchev–Trinajstić information content (AvgIpc) is 2.36. The largest absolute Gasteiger partial charge is 3.00 e. The van der Waals surface area contributed by atoms with Gasteiger partial charge in [-0.15, -0.1) is 0 Å². The van der Waals surface area contributed by atoms with E-state index in [1.54, 1.807) is 0 Å². The minimum atomic E-state index is -1.25. The van der Waals surface area contributed by atoms with Crippen LogP contribution < -0.4 is 0 Å². The molecule has 0 spiro atoms. The minimum Gasteiger partial charge on any atom is -0.377 e. The van der Waals surface area contributed by atoms with Crippen molar-refractivity contribution < 1.29 is 88.6 Å². The van der Waals surface area contributed by atoms with Crippen LogP contribution in [0.5, 0.6) is 0 Å². The van der Waals surface area contributed by atoms with Crippen LogP contribution in [0.3, 0.4) is 0 Å². The van der Waals surface area contributed by atoms with Gasteiger partial charge in [0.1, 0.15) is 4.91 Å². The van der Waals surface area contributed by atoms with E-state index >= 15 is 0 Å². The second-order valence-electron chi connectivity index (χ2n) is 3.31. The summed E-state index contributed by atoms with van der Waals surface area (Å²) >= 11 is 0. The van der Waals surface area contributed by atoms with E-state index in [0.717, 1.165) is 0 Å². The predicted octanol–water partition coefficient (Wildman–Crippen LogP) is -0.373. The van der Waals surface area contributed by atoms with Crippen LogP contribution >= 0.6 is 0 Å². The Bertz CT molecular complexity index is 147. The Hall–Kier alpha value is 0.584. The Labute approximate surface area is 158 Å². The van der Waals surface area contributed by atoms with Crippen LogP contribution in [0.2, 0.25) is 0 Å². The fourth-order valence-corrected chi connectivity index (χ4v) is 1.10. The molecule has 0 aromatic carbocycles. The van der Waals surface area contributed by atoms with Gasteiger partial charge in [0.15, 0.2) is 0 Å². The molecule has 1 rings (SSSR count). The fraction of sp³-hybridized carbons (Fsp3) is 1.00. The summed E-state index contributed by atoms with van der Waals surface area (Å²) in [5.41, 5.74) is 0. The van der Waals surface area contributed by atoms with Crippen molar-refractivity contribution in [1.82, 2.24) is 0 Å². The molecule has 1 fully saturated rings. The molecule has 10 heteroatoms. The topological polar surface area (TPSA) is 107 Å². The first-order chi connectivity index (χ1) is 9.23. The van der Waals surface area contributed by atoms with Crippen molar-refractivity contribution in [2.24, 2.45) is 0 Å². The van der Waals surface area contributed by atoms with Crippen LogP contribution in [0.15, 0.2) is 0 Å². The summed E-state index contributed by atoms with van der Waals surface area (Å²) in [6.45, 7) is 6.11. The Morgan fingerprint density at radius 3 is 0.750 bits per heavy atom. The summed E-state index contributed by atoms with van der Waals surface area (Å²) in [6.07, 6.45) is 0. The summed E-state index contributed by atoms with van der Waals surface area (Å²) in [4.78, 5) is 8.47. The fourth-order valence-electron chi connectivity index (χ4n) is 1.10. The van der Waals surface area contributed by atoms with E-state index in [-0.39, 0.29) is 49.4 Å². The van der Waals surface area contributed by atoms with Gasteiger partial charge in [0.2, 0.25) is 0 Å². The molecular weight excluding hydrogens is 414 g/mol. The number of ether oxygens (including phenoxy) is 5. The van der Waals surface area contributed by atoms with Gasteiger partial charge in [-0.1, -0.05) is 0 Å². The maximum absolute atomic E-state index is 8.47. The number of hydrogen-bond donors (Lipinski definition) is 2. The molecule has 0 atom stereocenters. The van der Waals surface area contributed by atoms with Crippen molar-refractivity contribution >= 4 is 0 Å². The number of nitrogens with zero attached hydrogens (tertiary/aromatic N) is 1. The third kappa shape index (κ3) is 23.7. The molecule has 0 aromatic rings.